The van der Waals surface area contributed by atoms with E-state index in [9.17, 15) is 14.0 Å². The van der Waals surface area contributed by atoms with Crippen molar-refractivity contribution in [3.8, 4) is 33.5 Å². The quantitative estimate of drug-likeness (QED) is 0.165. The van der Waals surface area contributed by atoms with Crippen molar-refractivity contribution in [3.05, 3.63) is 124 Å². The number of hydrogen-bond acceptors (Lipinski definition) is 9. The standard InChI is InChI=1S/C39H33F2N5O5S/c1-49-28-3-2-15-45(22-28)20-23-4-10-30(43-19-23)34-18-31-37(52-34)33(12-14-42-31)51-32-11-7-26(17-29(32)41)44-38(47)35-36-24(13-16-50-36)21-46(39(35)48)27-8-5-25(40)6-9-27/h4-12,14,17-19,21,28H,2-3,13,15-16,20,22H2,1H3,(H,44,47). The highest BCUT2D eigenvalue weighted by molar-refractivity contribution is 7.22. The Morgan fingerprint density at radius 2 is 1.92 bits per heavy atom. The summed E-state index contributed by atoms with van der Waals surface area (Å²) >= 11 is 1.45. The zero-order valence-corrected chi connectivity index (χ0v) is 28.9. The Morgan fingerprint density at radius 3 is 2.71 bits per heavy atom. The molecular weight excluding hydrogens is 689 g/mol. The number of halogens is 2. The van der Waals surface area contributed by atoms with Crippen molar-refractivity contribution in [1.82, 2.24) is 19.4 Å². The van der Waals surface area contributed by atoms with Crippen molar-refractivity contribution < 1.29 is 27.8 Å². The third kappa shape index (κ3) is 6.77. The number of methoxy groups -OCH3 is 1. The molecule has 13 heteroatoms. The van der Waals surface area contributed by atoms with E-state index in [0.29, 0.717) is 35.5 Å². The van der Waals surface area contributed by atoms with Crippen molar-refractivity contribution in [2.24, 2.45) is 0 Å². The van der Waals surface area contributed by atoms with Gasteiger partial charge in [-0.2, -0.15) is 0 Å². The molecule has 0 aliphatic carbocycles. The Bertz CT molecular complexity index is 2350. The van der Waals surface area contributed by atoms with E-state index in [1.165, 1.54) is 52.3 Å². The number of ether oxygens (including phenoxy) is 3. The molecule has 6 aromatic rings. The number of thiophene rings is 1. The van der Waals surface area contributed by atoms with Gasteiger partial charge in [-0.1, -0.05) is 6.07 Å². The van der Waals surface area contributed by atoms with Crippen LogP contribution in [0, 0.1) is 11.6 Å². The Hall–Kier alpha value is -5.50. The molecule has 1 amide bonds. The number of amides is 1. The zero-order valence-electron chi connectivity index (χ0n) is 28.1. The summed E-state index contributed by atoms with van der Waals surface area (Å²) in [7, 11) is 1.77. The summed E-state index contributed by atoms with van der Waals surface area (Å²) in [6, 6.07) is 17.1. The first-order chi connectivity index (χ1) is 25.3. The molecule has 8 rings (SSSR count). The topological polar surface area (TPSA) is 108 Å². The predicted molar refractivity (Wildman–Crippen MR) is 194 cm³/mol. The van der Waals surface area contributed by atoms with Crippen LogP contribution in [0.4, 0.5) is 14.5 Å². The van der Waals surface area contributed by atoms with Gasteiger partial charge in [0.2, 0.25) is 0 Å². The Morgan fingerprint density at radius 1 is 1.06 bits per heavy atom. The number of piperidine rings is 1. The molecule has 2 aliphatic rings. The monoisotopic (exact) mass is 721 g/mol. The van der Waals surface area contributed by atoms with Crippen LogP contribution in [0.3, 0.4) is 0 Å². The number of anilines is 1. The van der Waals surface area contributed by atoms with Crippen LogP contribution in [0.15, 0.2) is 90.1 Å². The van der Waals surface area contributed by atoms with Crippen LogP contribution in [-0.2, 0) is 17.7 Å². The molecule has 1 atom stereocenters. The number of pyridine rings is 3. The summed E-state index contributed by atoms with van der Waals surface area (Å²) in [5, 5.41) is 2.62. The molecule has 4 aromatic heterocycles. The molecule has 1 saturated heterocycles. The largest absolute Gasteiger partial charge is 0.492 e. The van der Waals surface area contributed by atoms with Gasteiger partial charge in [0.15, 0.2) is 11.6 Å². The van der Waals surface area contributed by atoms with E-state index in [0.717, 1.165) is 59.4 Å². The van der Waals surface area contributed by atoms with E-state index in [2.05, 4.69) is 21.3 Å². The second kappa shape index (κ2) is 14.3. The highest BCUT2D eigenvalue weighted by atomic mass is 32.1. The van der Waals surface area contributed by atoms with Gasteiger partial charge in [0.1, 0.15) is 22.9 Å². The van der Waals surface area contributed by atoms with Gasteiger partial charge in [-0.05, 0) is 73.5 Å². The first kappa shape index (κ1) is 33.6. The Balaban J connectivity index is 0.988. The second-order valence-electron chi connectivity index (χ2n) is 12.7. The summed E-state index contributed by atoms with van der Waals surface area (Å²) in [4.78, 5) is 39.5. The molecule has 0 radical (unpaired) electrons. The Labute approximate surface area is 301 Å². The first-order valence-corrected chi connectivity index (χ1v) is 17.7. The number of nitrogens with one attached hydrogen (secondary N) is 1. The molecule has 6 heterocycles. The van der Waals surface area contributed by atoms with Crippen LogP contribution >= 0.6 is 11.3 Å². The number of rotatable bonds is 9. The average molecular weight is 722 g/mol. The normalized spacial score (nSPS) is 15.7. The fourth-order valence-corrected chi connectivity index (χ4v) is 7.66. The number of benzene rings is 2. The minimum atomic E-state index is -0.762. The molecule has 10 nitrogen and oxygen atoms in total. The molecule has 0 bridgehead atoms. The van der Waals surface area contributed by atoms with Crippen LogP contribution in [-0.4, -0.2) is 58.3 Å². The van der Waals surface area contributed by atoms with Crippen LogP contribution < -0.4 is 20.3 Å². The fraction of sp³-hybridized carbons (Fsp3) is 0.231. The lowest BCUT2D eigenvalue weighted by atomic mass is 10.1. The van der Waals surface area contributed by atoms with Crippen LogP contribution in [0.25, 0.3) is 26.5 Å². The van der Waals surface area contributed by atoms with Crippen molar-refractivity contribution >= 4 is 33.1 Å². The lowest BCUT2D eigenvalue weighted by Gasteiger charge is -2.31. The van der Waals surface area contributed by atoms with Crippen molar-refractivity contribution in [1.29, 1.82) is 0 Å². The van der Waals surface area contributed by atoms with E-state index >= 15 is 4.39 Å². The van der Waals surface area contributed by atoms with Gasteiger partial charge < -0.3 is 19.5 Å². The third-order valence-corrected chi connectivity index (χ3v) is 10.4. The first-order valence-electron chi connectivity index (χ1n) is 16.9. The maximum absolute atomic E-state index is 15.5. The summed E-state index contributed by atoms with van der Waals surface area (Å²) in [6.07, 6.45) is 8.05. The molecule has 2 aliphatic heterocycles. The van der Waals surface area contributed by atoms with Gasteiger partial charge in [-0.15, -0.1) is 11.3 Å². The van der Waals surface area contributed by atoms with Crippen LogP contribution in [0.5, 0.6) is 17.2 Å². The average Bonchev–Trinajstić information content (AvgIpc) is 3.81. The number of carbonyl (C=O) groups excluding carboxylic acids is 1. The molecule has 264 valence electrons. The van der Waals surface area contributed by atoms with E-state index in [1.807, 2.05) is 18.3 Å². The molecule has 52 heavy (non-hydrogen) atoms. The predicted octanol–water partition coefficient (Wildman–Crippen LogP) is 7.38. The lowest BCUT2D eigenvalue weighted by molar-refractivity contribution is 0.0285. The van der Waals surface area contributed by atoms with E-state index in [1.54, 1.807) is 25.6 Å². The summed E-state index contributed by atoms with van der Waals surface area (Å²) in [6.45, 7) is 3.06. The van der Waals surface area contributed by atoms with Crippen LogP contribution in [0.2, 0.25) is 0 Å². The van der Waals surface area contributed by atoms with Gasteiger partial charge >= 0.3 is 0 Å². The van der Waals surface area contributed by atoms with Gasteiger partial charge in [0.05, 0.1) is 33.5 Å². The van der Waals surface area contributed by atoms with Crippen molar-refractivity contribution in [2.45, 2.75) is 31.9 Å². The number of aromatic nitrogens is 3. The highest BCUT2D eigenvalue weighted by Crippen LogP contribution is 2.39. The molecule has 1 unspecified atom stereocenters. The minimum absolute atomic E-state index is 0.0565. The van der Waals surface area contributed by atoms with Crippen LogP contribution in [0.1, 0.15) is 34.3 Å². The van der Waals surface area contributed by atoms with Crippen molar-refractivity contribution in [2.75, 3.05) is 32.1 Å². The number of likely N-dealkylation sites (tertiary alicyclic amines) is 1. The highest BCUT2D eigenvalue weighted by Gasteiger charge is 2.27. The van der Waals surface area contributed by atoms with Crippen molar-refractivity contribution in [3.63, 3.8) is 0 Å². The SMILES string of the molecule is COC1CCCN(Cc2ccc(-c3cc4nccc(Oc5ccc(NC(=O)c6c7c(cn(-c8ccc(F)cc8)c6=O)CCO7)cc5F)c4s3)nc2)C1. The molecule has 2 aromatic carbocycles. The number of nitrogens with zero attached hydrogens (tertiary/aromatic N) is 4. The molecular formula is C39H33F2N5O5S. The Kier molecular flexibility index (Phi) is 9.22. The molecule has 1 fully saturated rings. The lowest BCUT2D eigenvalue weighted by Crippen LogP contribution is -2.38. The number of fused-ring (bicyclic) bond motifs is 2. The number of hydrogen-bond donors (Lipinski definition) is 1. The molecule has 0 saturated carbocycles. The minimum Gasteiger partial charge on any atom is -0.492 e. The van der Waals surface area contributed by atoms with E-state index < -0.39 is 23.1 Å². The van der Waals surface area contributed by atoms with Gasteiger partial charge in [0, 0.05) is 74.3 Å². The summed E-state index contributed by atoms with van der Waals surface area (Å²) in [5.41, 5.74) is 2.92. The van der Waals surface area contributed by atoms with E-state index in [4.69, 9.17) is 19.2 Å². The molecule has 0 spiro atoms. The summed E-state index contributed by atoms with van der Waals surface area (Å²) < 4.78 is 48.3. The zero-order chi connectivity index (χ0) is 35.8. The third-order valence-electron chi connectivity index (χ3n) is 9.25. The van der Waals surface area contributed by atoms with Gasteiger partial charge in [0.25, 0.3) is 11.5 Å². The second-order valence-corrected chi connectivity index (χ2v) is 13.8. The van der Waals surface area contributed by atoms with Gasteiger partial charge in [-0.3, -0.25) is 29.0 Å². The maximum Gasteiger partial charge on any atom is 0.271 e. The smallest absolute Gasteiger partial charge is 0.271 e. The molecule has 1 N–H and O–H groups in total. The fourth-order valence-electron chi connectivity index (χ4n) is 6.62. The maximum atomic E-state index is 15.5. The number of carbonyl (C=O) groups is 1. The van der Waals surface area contributed by atoms with E-state index in [-0.39, 0.29) is 28.9 Å². The van der Waals surface area contributed by atoms with Gasteiger partial charge in [-0.25, -0.2) is 8.78 Å². The summed E-state index contributed by atoms with van der Waals surface area (Å²) in [5.74, 6) is -1.39.